The molecule has 2 aliphatic heterocycles. The minimum Gasteiger partial charge on any atom is -0.490 e. The largest absolute Gasteiger partial charge is 0.490 e. The van der Waals surface area contributed by atoms with E-state index in [1.807, 2.05) is 25.1 Å². The van der Waals surface area contributed by atoms with Crippen molar-refractivity contribution in [1.82, 2.24) is 4.72 Å². The number of aryl methyl sites for hydroxylation is 1. The van der Waals surface area contributed by atoms with E-state index in [0.717, 1.165) is 49.4 Å². The van der Waals surface area contributed by atoms with E-state index in [1.54, 1.807) is 18.2 Å². The first kappa shape index (κ1) is 28.6. The quantitative estimate of drug-likeness (QED) is 0.428. The number of allylic oxidation sites excluding steroid dienone is 1. The summed E-state index contributed by atoms with van der Waals surface area (Å²) >= 11 is 6.38. The van der Waals surface area contributed by atoms with E-state index in [4.69, 9.17) is 16.3 Å². The van der Waals surface area contributed by atoms with Crippen LogP contribution in [0, 0.1) is 11.8 Å². The number of anilines is 1. The third kappa shape index (κ3) is 5.51. The Hall–Kier alpha value is -2.55. The Balaban J connectivity index is 1.42. The first-order valence-electron chi connectivity index (χ1n) is 14.9. The lowest BCUT2D eigenvalue weighted by molar-refractivity contribution is 0.0456. The molecule has 0 aromatic heterocycles. The monoisotopic (exact) mass is 598 g/mol. The Bertz CT molecular complexity index is 1460. The van der Waals surface area contributed by atoms with Crippen molar-refractivity contribution in [2.75, 3.05) is 24.6 Å². The number of ether oxygens (including phenoxy) is 1. The van der Waals surface area contributed by atoms with Gasteiger partial charge in [0.15, 0.2) is 0 Å². The van der Waals surface area contributed by atoms with Crippen molar-refractivity contribution in [2.24, 2.45) is 11.8 Å². The molecule has 2 aliphatic carbocycles. The molecule has 0 radical (unpaired) electrons. The smallest absolute Gasteiger partial charge is 0.264 e. The van der Waals surface area contributed by atoms with Crippen molar-refractivity contribution >= 4 is 33.2 Å². The van der Waals surface area contributed by atoms with Crippen molar-refractivity contribution in [1.29, 1.82) is 0 Å². The van der Waals surface area contributed by atoms with Crippen LogP contribution in [0.15, 0.2) is 48.6 Å². The van der Waals surface area contributed by atoms with E-state index in [-0.39, 0.29) is 11.3 Å². The maximum absolute atomic E-state index is 13.3. The number of hydrogen-bond acceptors (Lipinski definition) is 6. The van der Waals surface area contributed by atoms with Crippen LogP contribution in [-0.2, 0) is 21.9 Å². The standard InChI is InChI=1S/C32H39ClN2O5S/c1-2-25-7-3-4-8-29(36)26-12-9-23(26)18-35-19-32(15-5-6-21-16-24(33)11-13-27(21)32)20-40-30-14-10-22(17-28(30)35)31(37)34-41(25,38)39/h4,8,10-11,13-14,16-17,23,25-26,29,36H,2-3,5-7,9,12,15,18-20H2,1H3,(H,34,37)/b8-4-/t23-,25+,26+,29+,32-/m0/s1. The average molecular weight is 599 g/mol. The van der Waals surface area contributed by atoms with E-state index in [9.17, 15) is 18.3 Å². The molecule has 7 nitrogen and oxygen atoms in total. The summed E-state index contributed by atoms with van der Waals surface area (Å²) in [5, 5.41) is 11.1. The van der Waals surface area contributed by atoms with Gasteiger partial charge >= 0.3 is 0 Å². The van der Waals surface area contributed by atoms with Gasteiger partial charge in [0.05, 0.1) is 23.6 Å². The Labute approximate surface area is 248 Å². The lowest BCUT2D eigenvalue weighted by atomic mass is 9.68. The number of nitrogens with zero attached hydrogens (tertiary/aromatic N) is 1. The normalized spacial score (nSPS) is 32.0. The van der Waals surface area contributed by atoms with Gasteiger partial charge in [0.25, 0.3) is 5.91 Å². The molecule has 0 saturated heterocycles. The lowest BCUT2D eigenvalue weighted by Gasteiger charge is -2.45. The van der Waals surface area contributed by atoms with Crippen molar-refractivity contribution in [2.45, 2.75) is 75.1 Å². The first-order valence-corrected chi connectivity index (χ1v) is 16.8. The fourth-order valence-corrected chi connectivity index (χ4v) is 8.94. The molecule has 9 heteroatoms. The zero-order chi connectivity index (χ0) is 28.8. The maximum atomic E-state index is 13.3. The summed E-state index contributed by atoms with van der Waals surface area (Å²) in [7, 11) is -3.87. The Morgan fingerprint density at radius 2 is 2.02 bits per heavy atom. The molecular weight excluding hydrogens is 560 g/mol. The van der Waals surface area contributed by atoms with E-state index >= 15 is 0 Å². The highest BCUT2D eigenvalue weighted by Crippen LogP contribution is 2.46. The van der Waals surface area contributed by atoms with Crippen molar-refractivity contribution in [3.8, 4) is 5.75 Å². The van der Waals surface area contributed by atoms with E-state index in [0.29, 0.717) is 49.6 Å². The molecule has 0 unspecified atom stereocenters. The zero-order valence-electron chi connectivity index (χ0n) is 23.5. The van der Waals surface area contributed by atoms with Gasteiger partial charge < -0.3 is 14.7 Å². The predicted molar refractivity (Wildman–Crippen MR) is 161 cm³/mol. The number of carbonyl (C=O) groups excluding carboxylic acids is 1. The fourth-order valence-electron chi connectivity index (χ4n) is 7.32. The molecule has 1 fully saturated rings. The van der Waals surface area contributed by atoms with Gasteiger partial charge in [-0.3, -0.25) is 4.79 Å². The highest BCUT2D eigenvalue weighted by Gasteiger charge is 2.44. The van der Waals surface area contributed by atoms with Crippen molar-refractivity contribution < 1.29 is 23.1 Å². The van der Waals surface area contributed by atoms with Crippen LogP contribution < -0.4 is 14.4 Å². The number of halogens is 1. The number of rotatable bonds is 1. The molecule has 2 aromatic rings. The molecule has 2 aromatic carbocycles. The molecule has 5 atom stereocenters. The number of benzene rings is 2. The summed E-state index contributed by atoms with van der Waals surface area (Å²) in [6, 6.07) is 11.4. The molecule has 1 spiro atoms. The minimum absolute atomic E-state index is 0.136. The molecule has 4 aliphatic rings. The lowest BCUT2D eigenvalue weighted by Crippen LogP contribution is -2.49. The SMILES string of the molecule is CC[C@@H]1CC/C=C\[C@@H](O)[C@@H]2CC[C@H]2CN2C[C@@]3(CCCc4cc(Cl)ccc43)COc3ccc(cc32)C(=O)NS1(=O)=O. The third-order valence-electron chi connectivity index (χ3n) is 9.79. The summed E-state index contributed by atoms with van der Waals surface area (Å²) in [6.45, 7) is 3.74. The number of aliphatic hydroxyl groups excluding tert-OH is 1. The summed E-state index contributed by atoms with van der Waals surface area (Å²) in [4.78, 5) is 15.6. The van der Waals surface area contributed by atoms with Gasteiger partial charge in [-0.15, -0.1) is 0 Å². The van der Waals surface area contributed by atoms with Crippen LogP contribution in [0.25, 0.3) is 0 Å². The van der Waals surface area contributed by atoms with Gasteiger partial charge in [-0.05, 0) is 105 Å². The summed E-state index contributed by atoms with van der Waals surface area (Å²) in [5.41, 5.74) is 3.35. The molecule has 1 saturated carbocycles. The summed E-state index contributed by atoms with van der Waals surface area (Å²) in [6.07, 6.45) is 9.41. The number of amides is 1. The zero-order valence-corrected chi connectivity index (χ0v) is 25.1. The Kier molecular flexibility index (Phi) is 7.85. The van der Waals surface area contributed by atoms with Crippen LogP contribution in [0.4, 0.5) is 5.69 Å². The van der Waals surface area contributed by atoms with Gasteiger partial charge in [-0.25, -0.2) is 13.1 Å². The minimum atomic E-state index is -3.87. The third-order valence-corrected chi connectivity index (χ3v) is 11.9. The first-order chi connectivity index (χ1) is 19.7. The Morgan fingerprint density at radius 1 is 1.17 bits per heavy atom. The Morgan fingerprint density at radius 3 is 2.80 bits per heavy atom. The van der Waals surface area contributed by atoms with Crippen LogP contribution in [0.3, 0.4) is 0 Å². The van der Waals surface area contributed by atoms with Crippen LogP contribution in [0.1, 0.15) is 73.4 Å². The van der Waals surface area contributed by atoms with E-state index < -0.39 is 27.3 Å². The molecule has 2 bridgehead atoms. The fraction of sp³-hybridized carbons (Fsp3) is 0.531. The van der Waals surface area contributed by atoms with Crippen LogP contribution >= 0.6 is 11.6 Å². The van der Waals surface area contributed by atoms with Crippen molar-refractivity contribution in [3.05, 3.63) is 70.3 Å². The van der Waals surface area contributed by atoms with Gasteiger partial charge in [-0.2, -0.15) is 0 Å². The van der Waals surface area contributed by atoms with Crippen LogP contribution in [0.5, 0.6) is 5.75 Å². The van der Waals surface area contributed by atoms with Crippen LogP contribution in [0.2, 0.25) is 5.02 Å². The number of fused-ring (bicyclic) bond motifs is 4. The predicted octanol–water partition coefficient (Wildman–Crippen LogP) is 5.39. The molecular formula is C32H39ClN2O5S. The number of aliphatic hydroxyl groups is 1. The highest BCUT2D eigenvalue weighted by molar-refractivity contribution is 7.90. The molecule has 1 amide bonds. The molecule has 41 heavy (non-hydrogen) atoms. The van der Waals surface area contributed by atoms with Crippen molar-refractivity contribution in [3.63, 3.8) is 0 Å². The van der Waals surface area contributed by atoms with Gasteiger partial charge in [0.2, 0.25) is 10.0 Å². The number of hydrogen-bond donors (Lipinski definition) is 2. The molecule has 6 rings (SSSR count). The molecule has 2 heterocycles. The van der Waals surface area contributed by atoms with Gasteiger partial charge in [-0.1, -0.05) is 36.7 Å². The number of sulfonamides is 1. The molecule has 2 N–H and O–H groups in total. The van der Waals surface area contributed by atoms with Gasteiger partial charge in [0, 0.05) is 29.1 Å². The highest BCUT2D eigenvalue weighted by atomic mass is 35.5. The molecule has 220 valence electrons. The summed E-state index contributed by atoms with van der Waals surface area (Å²) in [5.74, 6) is 0.492. The second-order valence-electron chi connectivity index (χ2n) is 12.3. The maximum Gasteiger partial charge on any atom is 0.264 e. The number of carbonyl (C=O) groups is 1. The van der Waals surface area contributed by atoms with Crippen LogP contribution in [-0.4, -0.2) is 50.5 Å². The second-order valence-corrected chi connectivity index (χ2v) is 14.7. The van der Waals surface area contributed by atoms with E-state index in [2.05, 4.69) is 21.8 Å². The number of nitrogens with one attached hydrogen (secondary N) is 1. The van der Waals surface area contributed by atoms with E-state index in [1.165, 1.54) is 11.1 Å². The average Bonchev–Trinajstić information content (AvgIpc) is 3.07. The topological polar surface area (TPSA) is 95.9 Å². The van der Waals surface area contributed by atoms with Gasteiger partial charge in [0.1, 0.15) is 5.75 Å². The summed E-state index contributed by atoms with van der Waals surface area (Å²) < 4.78 is 35.1. The second kappa shape index (κ2) is 11.3.